The van der Waals surface area contributed by atoms with Crippen molar-refractivity contribution in [3.05, 3.63) is 40.4 Å². The van der Waals surface area contributed by atoms with E-state index in [0.717, 1.165) is 11.6 Å². The number of nitrogens with zero attached hydrogens (tertiary/aromatic N) is 1. The molecule has 1 nitrogen and oxygen atoms in total. The van der Waals surface area contributed by atoms with E-state index in [1.54, 1.807) is 0 Å². The van der Waals surface area contributed by atoms with E-state index in [1.807, 2.05) is 18.2 Å². The first-order valence-electron chi connectivity index (χ1n) is 5.29. The zero-order chi connectivity index (χ0) is 14.6. The van der Waals surface area contributed by atoms with Crippen molar-refractivity contribution < 1.29 is 21.8 Å². The second-order valence-electron chi connectivity index (χ2n) is 3.63. The summed E-state index contributed by atoms with van der Waals surface area (Å²) in [5.74, 6) is 0. The minimum atomic E-state index is -6.00. The average Bonchev–Trinajstić information content (AvgIpc) is 2.54. The molecule has 1 aromatic heterocycles. The fourth-order valence-corrected chi connectivity index (χ4v) is 3.82. The van der Waals surface area contributed by atoms with Crippen LogP contribution in [0, 0.1) is 6.92 Å². The first-order valence-corrected chi connectivity index (χ1v) is 7.38. The molecule has 104 valence electrons. The Morgan fingerprint density at radius 2 is 1.95 bits per heavy atom. The molecule has 0 spiro atoms. The van der Waals surface area contributed by atoms with Gasteiger partial charge in [0.1, 0.15) is 0 Å². The molecule has 8 heteroatoms. The predicted molar refractivity (Wildman–Crippen MR) is 71.2 cm³/mol. The van der Waals surface area contributed by atoms with Crippen LogP contribution in [0.4, 0.5) is 17.3 Å². The molecule has 0 aliphatic rings. The third kappa shape index (κ3) is 5.39. The molecule has 0 saturated carbocycles. The summed E-state index contributed by atoms with van der Waals surface area (Å²) in [4.78, 5) is 0. The van der Waals surface area contributed by atoms with Crippen LogP contribution in [0.15, 0.2) is 30.9 Å². The van der Waals surface area contributed by atoms with E-state index in [2.05, 4.69) is 24.1 Å². The number of fused-ring (bicyclic) bond motifs is 1. The molecule has 0 atom stereocenters. The van der Waals surface area contributed by atoms with Gasteiger partial charge in [0.05, 0.1) is 0 Å². The summed E-state index contributed by atoms with van der Waals surface area (Å²) in [5.41, 5.74) is 1.26. The van der Waals surface area contributed by atoms with Crippen molar-refractivity contribution >= 4 is 43.1 Å². The Balaban J connectivity index is 0.000000312. The maximum Gasteiger partial charge on any atom is 0.673 e. The summed E-state index contributed by atoms with van der Waals surface area (Å²) < 4.78 is 44.1. The summed E-state index contributed by atoms with van der Waals surface area (Å²) >= 11 is 6.44. The molecule has 0 aliphatic heterocycles. The van der Waals surface area contributed by atoms with E-state index >= 15 is 0 Å². The van der Waals surface area contributed by atoms with E-state index in [1.165, 1.54) is 14.3 Å². The van der Waals surface area contributed by atoms with Gasteiger partial charge in [0.25, 0.3) is 0 Å². The maximum absolute atomic E-state index is 9.75. The van der Waals surface area contributed by atoms with Crippen LogP contribution in [0.3, 0.4) is 0 Å². The largest absolute Gasteiger partial charge is 0.673 e. The monoisotopic (exact) mass is 359 g/mol. The SMILES string of the molecule is C=CC[n+]1c(C)[se]c2ccc(Cl)cc21.F[B-](F)(F)F. The van der Waals surface area contributed by atoms with Crippen molar-refractivity contribution in [3.63, 3.8) is 0 Å². The molecule has 2 aromatic rings. The van der Waals surface area contributed by atoms with Crippen LogP contribution in [0.1, 0.15) is 4.57 Å². The Bertz CT molecular complexity index is 576. The number of aromatic nitrogens is 1. The number of halogens is 5. The third-order valence-electron chi connectivity index (χ3n) is 2.16. The Labute approximate surface area is 119 Å². The van der Waals surface area contributed by atoms with Gasteiger partial charge in [-0.05, 0) is 0 Å². The smallest absolute Gasteiger partial charge is 0.418 e. The van der Waals surface area contributed by atoms with Crippen LogP contribution < -0.4 is 4.57 Å². The molecular formula is C11H11BClF4NSe. The molecule has 0 unspecified atom stereocenters. The molecule has 0 bridgehead atoms. The van der Waals surface area contributed by atoms with Gasteiger partial charge in [-0.15, -0.1) is 0 Å². The van der Waals surface area contributed by atoms with Gasteiger partial charge in [0.15, 0.2) is 0 Å². The Morgan fingerprint density at radius 3 is 2.47 bits per heavy atom. The first kappa shape index (κ1) is 16.3. The normalized spacial score (nSPS) is 11.1. The number of hydrogen-bond donors (Lipinski definition) is 0. The van der Waals surface area contributed by atoms with Crippen molar-refractivity contribution in [2.45, 2.75) is 13.5 Å². The minimum absolute atomic E-state index is 0.461. The molecule has 0 N–H and O–H groups in total. The van der Waals surface area contributed by atoms with Gasteiger partial charge in [-0.25, -0.2) is 0 Å². The number of aryl methyl sites for hydroxylation is 1. The van der Waals surface area contributed by atoms with Crippen molar-refractivity contribution in [2.75, 3.05) is 0 Å². The van der Waals surface area contributed by atoms with Gasteiger partial charge < -0.3 is 17.3 Å². The number of allylic oxidation sites excluding steroid dienone is 1. The third-order valence-corrected chi connectivity index (χ3v) is 4.66. The van der Waals surface area contributed by atoms with Crippen LogP contribution in [0.5, 0.6) is 0 Å². The van der Waals surface area contributed by atoms with Gasteiger partial charge in [-0.3, -0.25) is 0 Å². The predicted octanol–water partition coefficient (Wildman–Crippen LogP) is 3.63. The first-order chi connectivity index (χ1) is 8.72. The molecule has 1 heterocycles. The topological polar surface area (TPSA) is 3.88 Å². The van der Waals surface area contributed by atoms with Crippen LogP contribution >= 0.6 is 11.6 Å². The van der Waals surface area contributed by atoms with Gasteiger partial charge >= 0.3 is 102 Å². The van der Waals surface area contributed by atoms with Crippen molar-refractivity contribution in [1.82, 2.24) is 0 Å². The summed E-state index contributed by atoms with van der Waals surface area (Å²) in [7, 11) is -6.00. The van der Waals surface area contributed by atoms with Gasteiger partial charge in [0, 0.05) is 0 Å². The minimum Gasteiger partial charge on any atom is -0.418 e. The Kier molecular flexibility index (Phi) is 5.65. The van der Waals surface area contributed by atoms with Crippen molar-refractivity contribution in [1.29, 1.82) is 0 Å². The summed E-state index contributed by atoms with van der Waals surface area (Å²) in [5, 5.41) is 0.809. The van der Waals surface area contributed by atoms with Crippen LogP contribution in [0.25, 0.3) is 9.78 Å². The molecule has 0 amide bonds. The standard InChI is InChI=1S/C11H11ClNSe.BF4/c1-3-6-13-8(2)14-11-5-4-9(12)7-10(11)13;2-1(3,4)5/h3-5,7H,1,6H2,2H3;/q+1;-1. The number of benzene rings is 1. The molecule has 19 heavy (non-hydrogen) atoms. The van der Waals surface area contributed by atoms with E-state index < -0.39 is 7.25 Å². The molecule has 0 fully saturated rings. The second-order valence-corrected chi connectivity index (χ2v) is 6.65. The molecule has 1 aromatic carbocycles. The summed E-state index contributed by atoms with van der Waals surface area (Å²) in [6.07, 6.45) is 1.93. The van der Waals surface area contributed by atoms with Crippen LogP contribution in [-0.2, 0) is 6.54 Å². The molecule has 0 radical (unpaired) electrons. The van der Waals surface area contributed by atoms with Crippen molar-refractivity contribution in [3.8, 4) is 0 Å². The molecule has 0 saturated heterocycles. The second kappa shape index (κ2) is 6.59. The quantitative estimate of drug-likeness (QED) is 0.334. The molecular weight excluding hydrogens is 347 g/mol. The Morgan fingerprint density at radius 1 is 1.37 bits per heavy atom. The molecule has 0 aliphatic carbocycles. The number of hydrogen-bond acceptors (Lipinski definition) is 0. The zero-order valence-corrected chi connectivity index (χ0v) is 12.5. The van der Waals surface area contributed by atoms with Crippen LogP contribution in [0.2, 0.25) is 5.02 Å². The zero-order valence-electron chi connectivity index (χ0n) is 10.0. The average molecular weight is 358 g/mol. The summed E-state index contributed by atoms with van der Waals surface area (Å²) in [6.45, 7) is 6.83. The maximum atomic E-state index is 9.75. The van der Waals surface area contributed by atoms with Gasteiger partial charge in [0.2, 0.25) is 0 Å². The van der Waals surface area contributed by atoms with Crippen LogP contribution in [-0.4, -0.2) is 21.8 Å². The fourth-order valence-electron chi connectivity index (χ4n) is 1.53. The van der Waals surface area contributed by atoms with Gasteiger partial charge in [-0.1, -0.05) is 0 Å². The van der Waals surface area contributed by atoms with E-state index in [4.69, 9.17) is 11.6 Å². The number of rotatable bonds is 2. The fraction of sp³-hybridized carbons (Fsp3) is 0.182. The summed E-state index contributed by atoms with van der Waals surface area (Å²) in [6, 6.07) is 6.13. The van der Waals surface area contributed by atoms with E-state index in [9.17, 15) is 17.3 Å². The molecule has 2 rings (SSSR count). The van der Waals surface area contributed by atoms with Gasteiger partial charge in [-0.2, -0.15) is 0 Å². The van der Waals surface area contributed by atoms with E-state index in [-0.39, 0.29) is 0 Å². The van der Waals surface area contributed by atoms with Crippen molar-refractivity contribution in [2.24, 2.45) is 0 Å². The Hall–Kier alpha value is -0.776. The van der Waals surface area contributed by atoms with E-state index in [0.29, 0.717) is 14.5 Å².